The standard InChI is InChI=1S/C20H22OSi/c1-4-18(16-11-7-5-8-12-16)20-15-19(21-22(20,2)3)17-13-9-6-10-14-17/h4-14,19H,1,15H2,2-3H3/b20-18+. The van der Waals surface area contributed by atoms with Crippen LogP contribution >= 0.6 is 0 Å². The van der Waals surface area contributed by atoms with Gasteiger partial charge in [0.1, 0.15) is 0 Å². The minimum Gasteiger partial charge on any atom is -0.406 e. The van der Waals surface area contributed by atoms with Gasteiger partial charge in [-0.3, -0.25) is 0 Å². The second-order valence-corrected chi connectivity index (χ2v) is 10.1. The average molecular weight is 306 g/mol. The van der Waals surface area contributed by atoms with Crippen LogP contribution in [0.15, 0.2) is 78.5 Å². The third-order valence-corrected chi connectivity index (χ3v) is 7.14. The van der Waals surface area contributed by atoms with Gasteiger partial charge in [0.05, 0.1) is 6.10 Å². The lowest BCUT2D eigenvalue weighted by molar-refractivity contribution is 0.230. The lowest BCUT2D eigenvalue weighted by Crippen LogP contribution is -2.28. The normalized spacial score (nSPS) is 22.4. The number of hydrogen-bond acceptors (Lipinski definition) is 1. The first kappa shape index (κ1) is 15.0. The van der Waals surface area contributed by atoms with E-state index in [0.717, 1.165) is 6.42 Å². The zero-order valence-electron chi connectivity index (χ0n) is 13.3. The Morgan fingerprint density at radius 2 is 1.64 bits per heavy atom. The van der Waals surface area contributed by atoms with Crippen molar-refractivity contribution in [1.29, 1.82) is 0 Å². The predicted octanol–water partition coefficient (Wildman–Crippen LogP) is 5.53. The summed E-state index contributed by atoms with van der Waals surface area (Å²) in [6, 6.07) is 21.1. The van der Waals surface area contributed by atoms with Crippen LogP contribution in [0.2, 0.25) is 13.1 Å². The minimum absolute atomic E-state index is 0.177. The van der Waals surface area contributed by atoms with E-state index in [9.17, 15) is 0 Å². The van der Waals surface area contributed by atoms with Gasteiger partial charge in [-0.25, -0.2) is 0 Å². The van der Waals surface area contributed by atoms with E-state index in [4.69, 9.17) is 4.43 Å². The summed E-state index contributed by atoms with van der Waals surface area (Å²) >= 11 is 0. The summed E-state index contributed by atoms with van der Waals surface area (Å²) in [5.41, 5.74) is 3.77. The Balaban J connectivity index is 2.02. The fraction of sp³-hybridized carbons (Fsp3) is 0.200. The van der Waals surface area contributed by atoms with Crippen molar-refractivity contribution in [1.82, 2.24) is 0 Å². The van der Waals surface area contributed by atoms with E-state index in [1.807, 2.05) is 6.08 Å². The van der Waals surface area contributed by atoms with Gasteiger partial charge in [0.15, 0.2) is 0 Å². The van der Waals surface area contributed by atoms with Crippen molar-refractivity contribution in [2.75, 3.05) is 0 Å². The summed E-state index contributed by atoms with van der Waals surface area (Å²) in [5, 5.41) is 1.46. The second-order valence-electron chi connectivity index (χ2n) is 6.19. The maximum absolute atomic E-state index is 6.48. The Morgan fingerprint density at radius 3 is 2.23 bits per heavy atom. The van der Waals surface area contributed by atoms with Crippen LogP contribution in [0.3, 0.4) is 0 Å². The van der Waals surface area contributed by atoms with Crippen LogP contribution < -0.4 is 0 Å². The minimum atomic E-state index is -1.87. The van der Waals surface area contributed by atoms with E-state index < -0.39 is 8.32 Å². The first-order chi connectivity index (χ1) is 10.6. The van der Waals surface area contributed by atoms with E-state index in [1.54, 1.807) is 0 Å². The Bertz CT molecular complexity index is 686. The Labute approximate surface area is 134 Å². The van der Waals surface area contributed by atoms with Gasteiger partial charge in [-0.2, -0.15) is 0 Å². The van der Waals surface area contributed by atoms with Crippen molar-refractivity contribution in [3.05, 3.63) is 89.6 Å². The highest BCUT2D eigenvalue weighted by Crippen LogP contribution is 2.44. The van der Waals surface area contributed by atoms with Crippen LogP contribution in [0.5, 0.6) is 0 Å². The summed E-state index contributed by atoms with van der Waals surface area (Å²) in [6.07, 6.45) is 3.15. The average Bonchev–Trinajstić information content (AvgIpc) is 2.86. The van der Waals surface area contributed by atoms with Crippen LogP contribution in [0.4, 0.5) is 0 Å². The molecule has 0 aliphatic carbocycles. The molecule has 2 aromatic rings. The Hall–Kier alpha value is -1.90. The summed E-state index contributed by atoms with van der Waals surface area (Å²) < 4.78 is 6.48. The van der Waals surface area contributed by atoms with Gasteiger partial charge in [-0.1, -0.05) is 73.3 Å². The Kier molecular flexibility index (Phi) is 4.14. The molecule has 0 amide bonds. The van der Waals surface area contributed by atoms with Crippen LogP contribution in [0.1, 0.15) is 23.7 Å². The monoisotopic (exact) mass is 306 g/mol. The highest BCUT2D eigenvalue weighted by Gasteiger charge is 2.41. The van der Waals surface area contributed by atoms with Gasteiger partial charge in [0, 0.05) is 0 Å². The van der Waals surface area contributed by atoms with E-state index >= 15 is 0 Å². The lowest BCUT2D eigenvalue weighted by atomic mass is 10.0. The fourth-order valence-electron chi connectivity index (χ4n) is 3.22. The number of rotatable bonds is 3. The third-order valence-electron chi connectivity index (χ3n) is 4.34. The highest BCUT2D eigenvalue weighted by molar-refractivity contribution is 6.80. The van der Waals surface area contributed by atoms with Crippen molar-refractivity contribution >= 4 is 13.9 Å². The second kappa shape index (κ2) is 6.07. The molecule has 1 saturated heterocycles. The molecule has 1 aliphatic rings. The molecule has 2 heteroatoms. The SMILES string of the molecule is C=C/C(=C1/CC(c2ccccc2)O[Si]1(C)C)c1ccccc1. The Morgan fingerprint density at radius 1 is 1.05 bits per heavy atom. The first-order valence-corrected chi connectivity index (χ1v) is 10.7. The molecule has 1 aliphatic heterocycles. The van der Waals surface area contributed by atoms with Crippen molar-refractivity contribution in [3.63, 3.8) is 0 Å². The topological polar surface area (TPSA) is 9.23 Å². The van der Waals surface area contributed by atoms with Gasteiger partial charge < -0.3 is 4.43 Å². The molecule has 112 valence electrons. The smallest absolute Gasteiger partial charge is 0.215 e. The molecule has 0 spiro atoms. The molecule has 0 radical (unpaired) electrons. The van der Waals surface area contributed by atoms with Crippen LogP contribution in [-0.2, 0) is 4.43 Å². The summed E-state index contributed by atoms with van der Waals surface area (Å²) in [7, 11) is -1.87. The largest absolute Gasteiger partial charge is 0.406 e. The number of benzene rings is 2. The van der Waals surface area contributed by atoms with Gasteiger partial charge >= 0.3 is 0 Å². The lowest BCUT2D eigenvalue weighted by Gasteiger charge is -2.20. The molecule has 1 nitrogen and oxygen atoms in total. The summed E-state index contributed by atoms with van der Waals surface area (Å²) in [4.78, 5) is 0. The summed E-state index contributed by atoms with van der Waals surface area (Å²) in [6.45, 7) is 8.63. The van der Waals surface area contributed by atoms with Crippen molar-refractivity contribution in [2.24, 2.45) is 0 Å². The van der Waals surface area contributed by atoms with Crippen LogP contribution in [0.25, 0.3) is 5.57 Å². The molecule has 1 unspecified atom stereocenters. The molecule has 3 rings (SSSR count). The van der Waals surface area contributed by atoms with E-state index in [2.05, 4.69) is 80.3 Å². The molecule has 0 N–H and O–H groups in total. The number of allylic oxidation sites excluding steroid dienone is 2. The molecule has 2 aromatic carbocycles. The third kappa shape index (κ3) is 2.85. The maximum atomic E-state index is 6.48. The van der Waals surface area contributed by atoms with Gasteiger partial charge in [0.25, 0.3) is 0 Å². The first-order valence-electron chi connectivity index (χ1n) is 7.76. The molecule has 0 bridgehead atoms. The zero-order chi connectivity index (χ0) is 15.6. The van der Waals surface area contributed by atoms with Gasteiger partial charge in [-0.05, 0) is 41.4 Å². The quantitative estimate of drug-likeness (QED) is 0.677. The molecular formula is C20H22OSi. The molecule has 22 heavy (non-hydrogen) atoms. The van der Waals surface area contributed by atoms with Crippen molar-refractivity contribution in [3.8, 4) is 0 Å². The molecule has 1 atom stereocenters. The number of hydrogen-bond donors (Lipinski definition) is 0. The van der Waals surface area contributed by atoms with Gasteiger partial charge in [0.2, 0.25) is 8.32 Å². The predicted molar refractivity (Wildman–Crippen MR) is 95.9 cm³/mol. The molecule has 1 heterocycles. The fourth-order valence-corrected chi connectivity index (χ4v) is 5.87. The van der Waals surface area contributed by atoms with Crippen molar-refractivity contribution in [2.45, 2.75) is 25.6 Å². The maximum Gasteiger partial charge on any atom is 0.215 e. The van der Waals surface area contributed by atoms with Crippen LogP contribution in [-0.4, -0.2) is 8.32 Å². The van der Waals surface area contributed by atoms with E-state index in [1.165, 1.54) is 21.9 Å². The molecular weight excluding hydrogens is 284 g/mol. The van der Waals surface area contributed by atoms with Crippen LogP contribution in [0, 0.1) is 0 Å². The molecule has 1 fully saturated rings. The molecule has 0 saturated carbocycles. The van der Waals surface area contributed by atoms with Crippen molar-refractivity contribution < 1.29 is 4.43 Å². The van der Waals surface area contributed by atoms with Gasteiger partial charge in [-0.15, -0.1) is 0 Å². The van der Waals surface area contributed by atoms with E-state index in [0.29, 0.717) is 0 Å². The molecule has 0 aromatic heterocycles. The summed E-state index contributed by atoms with van der Waals surface area (Å²) in [5.74, 6) is 0. The van der Waals surface area contributed by atoms with E-state index in [-0.39, 0.29) is 6.10 Å². The highest BCUT2D eigenvalue weighted by atomic mass is 28.4. The zero-order valence-corrected chi connectivity index (χ0v) is 14.3.